The van der Waals surface area contributed by atoms with Crippen LogP contribution < -0.4 is 5.32 Å². The number of carbonyl (C=O) groups is 2. The van der Waals surface area contributed by atoms with E-state index in [1.54, 1.807) is 51.9 Å². The van der Waals surface area contributed by atoms with E-state index in [0.717, 1.165) is 5.56 Å². The fraction of sp³-hybridized carbons (Fsp3) is 0.360. The number of carbonyl (C=O) groups excluding carboxylic acids is 2. The molecule has 0 aliphatic rings. The highest BCUT2D eigenvalue weighted by Crippen LogP contribution is 2.27. The topological polar surface area (TPSA) is 88.5 Å². The molecule has 1 heterocycles. The largest absolute Gasteiger partial charge is 0.337 e. The predicted octanol–water partition coefficient (Wildman–Crippen LogP) is 4.66. The van der Waals surface area contributed by atoms with Crippen molar-refractivity contribution in [2.45, 2.75) is 58.1 Å². The first-order chi connectivity index (χ1) is 15.9. The fourth-order valence-electron chi connectivity index (χ4n) is 4.11. The molecule has 0 fully saturated rings. The van der Waals surface area contributed by atoms with Crippen LogP contribution in [0, 0.1) is 6.92 Å². The van der Waals surface area contributed by atoms with E-state index in [1.807, 2.05) is 34.6 Å². The molecule has 0 spiro atoms. The van der Waals surface area contributed by atoms with E-state index in [0.29, 0.717) is 21.6 Å². The molecule has 0 aliphatic heterocycles. The maximum Gasteiger partial charge on any atom is 0.242 e. The molecule has 34 heavy (non-hydrogen) atoms. The van der Waals surface area contributed by atoms with Crippen molar-refractivity contribution in [2.75, 3.05) is 11.1 Å². The number of amides is 2. The molecule has 7 nitrogen and oxygen atoms in total. The summed E-state index contributed by atoms with van der Waals surface area (Å²) in [5.74, 6) is -1.51. The molecule has 0 bridgehead atoms. The zero-order chi connectivity index (χ0) is 25.2. The van der Waals surface area contributed by atoms with Crippen molar-refractivity contribution in [1.29, 1.82) is 0 Å². The van der Waals surface area contributed by atoms with Gasteiger partial charge in [-0.25, -0.2) is 8.42 Å². The summed E-state index contributed by atoms with van der Waals surface area (Å²) in [5, 5.41) is 3.54. The SMILES string of the molecule is Cc1ccc(NC(=O)CS(=O)(=O)c2cn(CC(=O)N(C(C)C)C(C)C)c3ccccc23)cc1Cl. The standard InChI is InChI=1S/C25H30ClN3O4S/c1-16(2)29(17(3)4)25(31)14-28-13-23(20-8-6-7-9-22(20)28)34(32,33)15-24(30)27-19-11-10-18(5)21(26)12-19/h6-13,16-17H,14-15H2,1-5H3,(H,27,30). The number of benzene rings is 2. The Hall–Kier alpha value is -2.84. The van der Waals surface area contributed by atoms with Crippen LogP contribution >= 0.6 is 11.6 Å². The van der Waals surface area contributed by atoms with Gasteiger partial charge in [0, 0.05) is 39.9 Å². The third-order valence-electron chi connectivity index (χ3n) is 5.57. The third-order valence-corrected chi connectivity index (χ3v) is 7.61. The summed E-state index contributed by atoms with van der Waals surface area (Å²) in [6.07, 6.45) is 1.45. The van der Waals surface area contributed by atoms with Crippen molar-refractivity contribution in [3.8, 4) is 0 Å². The summed E-state index contributed by atoms with van der Waals surface area (Å²) in [6, 6.07) is 12.0. The van der Waals surface area contributed by atoms with Gasteiger partial charge in [-0.15, -0.1) is 0 Å². The Morgan fingerprint density at radius 1 is 1.06 bits per heavy atom. The van der Waals surface area contributed by atoms with E-state index in [-0.39, 0.29) is 29.4 Å². The van der Waals surface area contributed by atoms with Gasteiger partial charge in [-0.2, -0.15) is 0 Å². The minimum Gasteiger partial charge on any atom is -0.337 e. The van der Waals surface area contributed by atoms with E-state index in [2.05, 4.69) is 5.32 Å². The molecule has 0 radical (unpaired) electrons. The number of hydrogen-bond donors (Lipinski definition) is 1. The monoisotopic (exact) mass is 503 g/mol. The first kappa shape index (κ1) is 25.8. The van der Waals surface area contributed by atoms with Crippen LogP contribution in [-0.4, -0.2) is 47.5 Å². The van der Waals surface area contributed by atoms with E-state index in [4.69, 9.17) is 11.6 Å². The Morgan fingerprint density at radius 3 is 2.32 bits per heavy atom. The Morgan fingerprint density at radius 2 is 1.71 bits per heavy atom. The van der Waals surface area contributed by atoms with Gasteiger partial charge in [0.15, 0.2) is 9.84 Å². The van der Waals surface area contributed by atoms with E-state index in [9.17, 15) is 18.0 Å². The average Bonchev–Trinajstić information content (AvgIpc) is 3.09. The molecular formula is C25H30ClN3O4S. The molecule has 0 aliphatic carbocycles. The fourth-order valence-corrected chi connectivity index (χ4v) is 5.66. The van der Waals surface area contributed by atoms with Crippen LogP contribution in [0.3, 0.4) is 0 Å². The molecule has 2 amide bonds. The molecule has 0 unspecified atom stereocenters. The maximum absolute atomic E-state index is 13.2. The summed E-state index contributed by atoms with van der Waals surface area (Å²) in [5.41, 5.74) is 1.89. The molecule has 0 atom stereocenters. The number of halogens is 1. The quantitative estimate of drug-likeness (QED) is 0.484. The molecule has 1 N–H and O–H groups in total. The van der Waals surface area contributed by atoms with Gasteiger partial charge in [-0.3, -0.25) is 9.59 Å². The molecule has 0 saturated carbocycles. The number of rotatable bonds is 8. The third kappa shape index (κ3) is 5.62. The van der Waals surface area contributed by atoms with Gasteiger partial charge in [0.1, 0.15) is 12.3 Å². The number of aromatic nitrogens is 1. The lowest BCUT2D eigenvalue weighted by molar-refractivity contribution is -0.135. The van der Waals surface area contributed by atoms with Crippen molar-refractivity contribution in [3.63, 3.8) is 0 Å². The van der Waals surface area contributed by atoms with Crippen LogP contribution in [0.1, 0.15) is 33.3 Å². The van der Waals surface area contributed by atoms with Crippen molar-refractivity contribution >= 4 is 49.8 Å². The molecule has 3 rings (SSSR count). The normalized spacial score (nSPS) is 11.9. The second-order valence-electron chi connectivity index (χ2n) is 8.90. The Bertz CT molecular complexity index is 1320. The minimum absolute atomic E-state index is 0.000452. The number of aryl methyl sites for hydroxylation is 1. The van der Waals surface area contributed by atoms with Crippen LogP contribution in [0.5, 0.6) is 0 Å². The summed E-state index contributed by atoms with van der Waals surface area (Å²) in [7, 11) is -3.98. The highest BCUT2D eigenvalue weighted by Gasteiger charge is 2.26. The van der Waals surface area contributed by atoms with Crippen LogP contribution in [0.15, 0.2) is 53.6 Å². The highest BCUT2D eigenvalue weighted by molar-refractivity contribution is 7.92. The zero-order valence-corrected chi connectivity index (χ0v) is 21.6. The number of hydrogen-bond acceptors (Lipinski definition) is 4. The number of nitrogens with zero attached hydrogens (tertiary/aromatic N) is 2. The van der Waals surface area contributed by atoms with Gasteiger partial charge in [-0.05, 0) is 58.4 Å². The summed E-state index contributed by atoms with van der Waals surface area (Å²) in [6.45, 7) is 9.62. The van der Waals surface area contributed by atoms with Crippen molar-refractivity contribution in [1.82, 2.24) is 9.47 Å². The molecule has 182 valence electrons. The van der Waals surface area contributed by atoms with E-state index < -0.39 is 21.5 Å². The molecule has 0 saturated heterocycles. The van der Waals surface area contributed by atoms with Crippen molar-refractivity contribution in [3.05, 3.63) is 59.2 Å². The van der Waals surface area contributed by atoms with Crippen LogP contribution in [-0.2, 0) is 26.0 Å². The number of sulfone groups is 1. The van der Waals surface area contributed by atoms with Gasteiger partial charge in [-0.1, -0.05) is 35.9 Å². The molecule has 2 aromatic carbocycles. The van der Waals surface area contributed by atoms with Crippen LogP contribution in [0.2, 0.25) is 5.02 Å². The number of para-hydroxylation sites is 1. The first-order valence-electron chi connectivity index (χ1n) is 11.1. The summed E-state index contributed by atoms with van der Waals surface area (Å²) < 4.78 is 28.1. The smallest absolute Gasteiger partial charge is 0.242 e. The lowest BCUT2D eigenvalue weighted by atomic mass is 10.2. The number of nitrogens with one attached hydrogen (secondary N) is 1. The van der Waals surface area contributed by atoms with Gasteiger partial charge in [0.2, 0.25) is 11.8 Å². The highest BCUT2D eigenvalue weighted by atomic mass is 35.5. The van der Waals surface area contributed by atoms with Crippen LogP contribution in [0.4, 0.5) is 5.69 Å². The van der Waals surface area contributed by atoms with Crippen molar-refractivity contribution in [2.24, 2.45) is 0 Å². The van der Waals surface area contributed by atoms with Crippen LogP contribution in [0.25, 0.3) is 10.9 Å². The molecule has 9 heteroatoms. The lowest BCUT2D eigenvalue weighted by Crippen LogP contribution is -2.43. The summed E-state index contributed by atoms with van der Waals surface area (Å²) in [4.78, 5) is 27.4. The Labute approximate surface area is 205 Å². The second-order valence-corrected chi connectivity index (χ2v) is 11.3. The lowest BCUT2D eigenvalue weighted by Gasteiger charge is -2.31. The predicted molar refractivity (Wildman–Crippen MR) is 136 cm³/mol. The van der Waals surface area contributed by atoms with E-state index >= 15 is 0 Å². The molecular weight excluding hydrogens is 474 g/mol. The average molecular weight is 504 g/mol. The Balaban J connectivity index is 1.89. The molecule has 3 aromatic rings. The van der Waals surface area contributed by atoms with Crippen molar-refractivity contribution < 1.29 is 18.0 Å². The Kier molecular flexibility index (Phi) is 7.73. The van der Waals surface area contributed by atoms with Gasteiger partial charge in [0.25, 0.3) is 0 Å². The van der Waals surface area contributed by atoms with E-state index in [1.165, 1.54) is 6.20 Å². The van der Waals surface area contributed by atoms with Gasteiger partial charge < -0.3 is 14.8 Å². The van der Waals surface area contributed by atoms with Gasteiger partial charge >= 0.3 is 0 Å². The molecule has 1 aromatic heterocycles. The zero-order valence-electron chi connectivity index (χ0n) is 20.0. The minimum atomic E-state index is -3.98. The van der Waals surface area contributed by atoms with Gasteiger partial charge in [0.05, 0.1) is 4.90 Å². The number of fused-ring (bicyclic) bond motifs is 1. The number of anilines is 1. The maximum atomic E-state index is 13.2. The summed E-state index contributed by atoms with van der Waals surface area (Å²) >= 11 is 6.09. The second kappa shape index (κ2) is 10.2. The first-order valence-corrected chi connectivity index (χ1v) is 13.1.